The van der Waals surface area contributed by atoms with E-state index in [2.05, 4.69) is 24.3 Å². The quantitative estimate of drug-likeness (QED) is 0.716. The molecule has 1 aromatic carbocycles. The first-order valence-electron chi connectivity index (χ1n) is 5.14. The van der Waals surface area contributed by atoms with Gasteiger partial charge in [-0.1, -0.05) is 30.3 Å². The lowest BCUT2D eigenvalue weighted by atomic mass is 9.93. The van der Waals surface area contributed by atoms with Crippen molar-refractivity contribution in [2.24, 2.45) is 11.5 Å². The summed E-state index contributed by atoms with van der Waals surface area (Å²) in [6.07, 6.45) is 3.01. The summed E-state index contributed by atoms with van der Waals surface area (Å²) >= 11 is 0. The molecule has 0 aliphatic carbocycles. The zero-order valence-corrected chi connectivity index (χ0v) is 8.58. The van der Waals surface area contributed by atoms with Gasteiger partial charge in [0, 0.05) is 0 Å². The summed E-state index contributed by atoms with van der Waals surface area (Å²) in [5, 5.41) is 0. The van der Waals surface area contributed by atoms with E-state index in [0.717, 1.165) is 32.4 Å². The smallest absolute Gasteiger partial charge is 0.00716 e. The molecule has 0 unspecified atom stereocenters. The van der Waals surface area contributed by atoms with Crippen LogP contribution in [0.15, 0.2) is 30.3 Å². The van der Waals surface area contributed by atoms with Gasteiger partial charge in [0.2, 0.25) is 0 Å². The fourth-order valence-corrected chi connectivity index (χ4v) is 1.59. The molecule has 0 bridgehead atoms. The van der Waals surface area contributed by atoms with E-state index in [-0.39, 0.29) is 0 Å². The van der Waals surface area contributed by atoms with E-state index in [9.17, 15) is 0 Å². The van der Waals surface area contributed by atoms with E-state index in [0.29, 0.717) is 0 Å². The van der Waals surface area contributed by atoms with Crippen molar-refractivity contribution in [1.29, 1.82) is 0 Å². The molecule has 1 radical (unpaired) electrons. The maximum Gasteiger partial charge on any atom is -0.00716 e. The highest BCUT2D eigenvalue weighted by molar-refractivity contribution is 5.19. The van der Waals surface area contributed by atoms with E-state index in [4.69, 9.17) is 11.5 Å². The summed E-state index contributed by atoms with van der Waals surface area (Å²) in [5.74, 6) is 1.46. The van der Waals surface area contributed by atoms with Gasteiger partial charge >= 0.3 is 0 Å². The second-order valence-corrected chi connectivity index (χ2v) is 3.49. The van der Waals surface area contributed by atoms with Crippen molar-refractivity contribution in [2.45, 2.75) is 19.3 Å². The molecule has 0 fully saturated rings. The molecular formula is C12H19N2. The summed E-state index contributed by atoms with van der Waals surface area (Å²) in [5.41, 5.74) is 12.5. The predicted molar refractivity (Wildman–Crippen MR) is 60.7 cm³/mol. The minimum absolute atomic E-state index is 0.724. The van der Waals surface area contributed by atoms with Crippen LogP contribution in [0.5, 0.6) is 0 Å². The Morgan fingerprint density at radius 1 is 0.929 bits per heavy atom. The van der Waals surface area contributed by atoms with Crippen LogP contribution in [0.4, 0.5) is 0 Å². The van der Waals surface area contributed by atoms with Crippen molar-refractivity contribution in [2.75, 3.05) is 13.1 Å². The second-order valence-electron chi connectivity index (χ2n) is 3.49. The molecule has 1 rings (SSSR count). The van der Waals surface area contributed by atoms with Crippen LogP contribution in [0, 0.1) is 5.92 Å². The third-order valence-electron chi connectivity index (χ3n) is 2.29. The molecule has 2 heteroatoms. The van der Waals surface area contributed by atoms with Crippen molar-refractivity contribution >= 4 is 0 Å². The number of benzene rings is 1. The summed E-state index contributed by atoms with van der Waals surface area (Å²) in [7, 11) is 0. The van der Waals surface area contributed by atoms with Gasteiger partial charge < -0.3 is 11.5 Å². The first-order chi connectivity index (χ1) is 6.86. The Labute approximate surface area is 86.3 Å². The van der Waals surface area contributed by atoms with E-state index in [1.807, 2.05) is 6.07 Å². The van der Waals surface area contributed by atoms with Gasteiger partial charge in [0.05, 0.1) is 0 Å². The third-order valence-corrected chi connectivity index (χ3v) is 2.29. The molecule has 0 atom stereocenters. The summed E-state index contributed by atoms with van der Waals surface area (Å²) in [4.78, 5) is 0. The first kappa shape index (κ1) is 11.2. The third kappa shape index (κ3) is 3.90. The Morgan fingerprint density at radius 3 is 2.00 bits per heavy atom. The molecule has 4 N–H and O–H groups in total. The highest BCUT2D eigenvalue weighted by atomic mass is 14.5. The Bertz CT molecular complexity index is 227. The zero-order chi connectivity index (χ0) is 10.2. The van der Waals surface area contributed by atoms with E-state index >= 15 is 0 Å². The fraction of sp³-hybridized carbons (Fsp3) is 0.417. The number of nitrogens with two attached hydrogens (primary N) is 2. The van der Waals surface area contributed by atoms with Crippen LogP contribution in [-0.4, -0.2) is 13.1 Å². The van der Waals surface area contributed by atoms with Crippen molar-refractivity contribution in [3.63, 3.8) is 0 Å². The molecular weight excluding hydrogens is 172 g/mol. The van der Waals surface area contributed by atoms with Crippen LogP contribution in [0.3, 0.4) is 0 Å². The maximum atomic E-state index is 5.55. The first-order valence-corrected chi connectivity index (χ1v) is 5.14. The monoisotopic (exact) mass is 191 g/mol. The number of hydrogen-bond donors (Lipinski definition) is 2. The molecule has 0 saturated carbocycles. The Morgan fingerprint density at radius 2 is 1.50 bits per heavy atom. The van der Waals surface area contributed by atoms with Gasteiger partial charge in [0.15, 0.2) is 0 Å². The highest BCUT2D eigenvalue weighted by Crippen LogP contribution is 2.16. The molecule has 0 saturated heterocycles. The van der Waals surface area contributed by atoms with Gasteiger partial charge in [0.1, 0.15) is 0 Å². The fourth-order valence-electron chi connectivity index (χ4n) is 1.59. The SMILES string of the molecule is NCC[C](CCN)Cc1ccccc1. The van der Waals surface area contributed by atoms with Gasteiger partial charge in [-0.05, 0) is 43.8 Å². The lowest BCUT2D eigenvalue weighted by molar-refractivity contribution is 0.695. The average molecular weight is 191 g/mol. The number of hydrogen-bond acceptors (Lipinski definition) is 2. The summed E-state index contributed by atoms with van der Waals surface area (Å²) < 4.78 is 0. The standard InChI is InChI=1S/C12H19N2/c13-8-6-12(7-9-14)10-11-4-2-1-3-5-11/h1-5H,6-10,13-14H2. The lowest BCUT2D eigenvalue weighted by Crippen LogP contribution is -2.13. The van der Waals surface area contributed by atoms with Gasteiger partial charge in [-0.25, -0.2) is 0 Å². The van der Waals surface area contributed by atoms with Crippen molar-refractivity contribution in [1.82, 2.24) is 0 Å². The second kappa shape index (κ2) is 6.57. The summed E-state index contributed by atoms with van der Waals surface area (Å²) in [6.45, 7) is 1.45. The molecule has 0 aromatic heterocycles. The Balaban J connectivity index is 2.46. The van der Waals surface area contributed by atoms with Crippen LogP contribution < -0.4 is 11.5 Å². The van der Waals surface area contributed by atoms with Gasteiger partial charge in [-0.2, -0.15) is 0 Å². The van der Waals surface area contributed by atoms with Crippen LogP contribution in [-0.2, 0) is 6.42 Å². The van der Waals surface area contributed by atoms with Gasteiger partial charge in [-0.3, -0.25) is 0 Å². The molecule has 2 nitrogen and oxygen atoms in total. The highest BCUT2D eigenvalue weighted by Gasteiger charge is 2.07. The van der Waals surface area contributed by atoms with E-state index in [1.165, 1.54) is 11.5 Å². The minimum Gasteiger partial charge on any atom is -0.330 e. The average Bonchev–Trinajstić information content (AvgIpc) is 2.20. The van der Waals surface area contributed by atoms with Crippen molar-refractivity contribution in [3.05, 3.63) is 41.8 Å². The van der Waals surface area contributed by atoms with Gasteiger partial charge in [-0.15, -0.1) is 0 Å². The predicted octanol–water partition coefficient (Wildman–Crippen LogP) is 1.50. The molecule has 77 valence electrons. The molecule has 0 heterocycles. The Hall–Kier alpha value is -0.860. The molecule has 0 aliphatic heterocycles. The van der Waals surface area contributed by atoms with Crippen LogP contribution in [0.2, 0.25) is 0 Å². The van der Waals surface area contributed by atoms with Crippen LogP contribution >= 0.6 is 0 Å². The normalized spacial score (nSPS) is 10.8. The van der Waals surface area contributed by atoms with Crippen molar-refractivity contribution in [3.8, 4) is 0 Å². The molecule has 1 aromatic rings. The van der Waals surface area contributed by atoms with Crippen LogP contribution in [0.1, 0.15) is 18.4 Å². The van der Waals surface area contributed by atoms with Gasteiger partial charge in [0.25, 0.3) is 0 Å². The van der Waals surface area contributed by atoms with Crippen molar-refractivity contribution < 1.29 is 0 Å². The minimum atomic E-state index is 0.724. The van der Waals surface area contributed by atoms with E-state index < -0.39 is 0 Å². The molecule has 0 aliphatic rings. The lowest BCUT2D eigenvalue weighted by Gasteiger charge is -2.14. The molecule has 0 amide bonds. The number of rotatable bonds is 6. The molecule has 0 spiro atoms. The van der Waals surface area contributed by atoms with E-state index in [1.54, 1.807) is 0 Å². The topological polar surface area (TPSA) is 52.0 Å². The maximum absolute atomic E-state index is 5.55. The van der Waals surface area contributed by atoms with Crippen LogP contribution in [0.25, 0.3) is 0 Å². The summed E-state index contributed by atoms with van der Waals surface area (Å²) in [6, 6.07) is 10.5. The zero-order valence-electron chi connectivity index (χ0n) is 8.58. The molecule has 14 heavy (non-hydrogen) atoms. The largest absolute Gasteiger partial charge is 0.330 e. The Kier molecular flexibility index (Phi) is 5.27.